The quantitative estimate of drug-likeness (QED) is 0.608. The fraction of sp³-hybridized carbons (Fsp3) is 0.750. The molecule has 1 saturated carbocycles. The number of fused-ring (bicyclic) bond motifs is 2. The lowest BCUT2D eigenvalue weighted by Gasteiger charge is -2.17. The SMILES string of the molecule is CC1(C)CC2SC3=C(CCC3=O)C2C1. The Labute approximate surface area is 89.3 Å². The molecule has 0 aromatic carbocycles. The van der Waals surface area contributed by atoms with Gasteiger partial charge in [-0.1, -0.05) is 13.8 Å². The first kappa shape index (κ1) is 9.02. The monoisotopic (exact) mass is 208 g/mol. The molecule has 0 N–H and O–H groups in total. The highest BCUT2D eigenvalue weighted by atomic mass is 32.2. The van der Waals surface area contributed by atoms with Gasteiger partial charge in [-0.25, -0.2) is 0 Å². The Morgan fingerprint density at radius 3 is 2.86 bits per heavy atom. The molecule has 3 rings (SSSR count). The maximum absolute atomic E-state index is 11.6. The minimum atomic E-state index is 0.428. The molecule has 1 fully saturated rings. The Morgan fingerprint density at radius 2 is 2.07 bits per heavy atom. The lowest BCUT2D eigenvalue weighted by Crippen LogP contribution is -2.06. The topological polar surface area (TPSA) is 17.1 Å². The first-order valence-electron chi connectivity index (χ1n) is 5.50. The van der Waals surface area contributed by atoms with E-state index in [-0.39, 0.29) is 0 Å². The van der Waals surface area contributed by atoms with Crippen molar-refractivity contribution >= 4 is 17.5 Å². The van der Waals surface area contributed by atoms with E-state index in [4.69, 9.17) is 0 Å². The van der Waals surface area contributed by atoms with E-state index in [2.05, 4.69) is 13.8 Å². The van der Waals surface area contributed by atoms with E-state index in [1.54, 1.807) is 0 Å². The number of hydrogen-bond donors (Lipinski definition) is 0. The average molecular weight is 208 g/mol. The average Bonchev–Trinajstić information content (AvgIpc) is 2.63. The predicted octanol–water partition coefficient (Wildman–Crippen LogP) is 3.16. The minimum Gasteiger partial charge on any atom is -0.294 e. The van der Waals surface area contributed by atoms with Crippen LogP contribution in [0.2, 0.25) is 0 Å². The molecular weight excluding hydrogens is 192 g/mol. The van der Waals surface area contributed by atoms with Crippen molar-refractivity contribution in [2.24, 2.45) is 11.3 Å². The number of allylic oxidation sites excluding steroid dienone is 2. The number of carbonyl (C=O) groups is 1. The number of carbonyl (C=O) groups excluding carboxylic acids is 1. The highest BCUT2D eigenvalue weighted by Gasteiger charge is 2.48. The molecule has 2 atom stereocenters. The van der Waals surface area contributed by atoms with Crippen molar-refractivity contribution in [2.75, 3.05) is 0 Å². The number of Topliss-reactive ketones (excluding diaryl/α,β-unsaturated/α-hetero) is 1. The molecule has 2 unspecified atom stereocenters. The summed E-state index contributed by atoms with van der Waals surface area (Å²) >= 11 is 1.89. The van der Waals surface area contributed by atoms with E-state index in [9.17, 15) is 4.79 Å². The van der Waals surface area contributed by atoms with Crippen molar-refractivity contribution in [2.45, 2.75) is 44.8 Å². The first-order valence-corrected chi connectivity index (χ1v) is 6.38. The van der Waals surface area contributed by atoms with Gasteiger partial charge in [-0.05, 0) is 36.2 Å². The Bertz CT molecular complexity index is 340. The van der Waals surface area contributed by atoms with Crippen LogP contribution in [-0.2, 0) is 4.79 Å². The standard InChI is InChI=1S/C12H16OS/c1-12(2)5-8-7-3-4-9(13)11(7)14-10(8)6-12/h8,10H,3-6H2,1-2H3. The summed E-state index contributed by atoms with van der Waals surface area (Å²) in [5.74, 6) is 1.17. The summed E-state index contributed by atoms with van der Waals surface area (Å²) in [6.45, 7) is 4.73. The second-order valence-electron chi connectivity index (χ2n) is 5.61. The van der Waals surface area contributed by atoms with Gasteiger partial charge in [-0.2, -0.15) is 0 Å². The highest BCUT2D eigenvalue weighted by molar-refractivity contribution is 8.04. The summed E-state index contributed by atoms with van der Waals surface area (Å²) < 4.78 is 0. The second kappa shape index (κ2) is 2.66. The van der Waals surface area contributed by atoms with E-state index in [0.29, 0.717) is 11.2 Å². The highest BCUT2D eigenvalue weighted by Crippen LogP contribution is 2.59. The van der Waals surface area contributed by atoms with Crippen LogP contribution in [0.5, 0.6) is 0 Å². The molecular formula is C12H16OS. The maximum Gasteiger partial charge on any atom is 0.169 e. The summed E-state index contributed by atoms with van der Waals surface area (Å²) in [6, 6.07) is 0. The minimum absolute atomic E-state index is 0.428. The molecule has 0 bridgehead atoms. The van der Waals surface area contributed by atoms with Crippen LogP contribution in [0.15, 0.2) is 10.5 Å². The van der Waals surface area contributed by atoms with Crippen LogP contribution in [0.3, 0.4) is 0 Å². The molecule has 14 heavy (non-hydrogen) atoms. The van der Waals surface area contributed by atoms with Crippen molar-refractivity contribution in [3.8, 4) is 0 Å². The first-order chi connectivity index (χ1) is 6.57. The lowest BCUT2D eigenvalue weighted by molar-refractivity contribution is -0.114. The molecule has 1 aliphatic heterocycles. The number of thioether (sulfide) groups is 1. The van der Waals surface area contributed by atoms with E-state index in [1.165, 1.54) is 18.4 Å². The van der Waals surface area contributed by atoms with Crippen LogP contribution in [0.25, 0.3) is 0 Å². The number of rotatable bonds is 0. The van der Waals surface area contributed by atoms with Crippen molar-refractivity contribution in [3.05, 3.63) is 10.5 Å². The van der Waals surface area contributed by atoms with Gasteiger partial charge < -0.3 is 0 Å². The van der Waals surface area contributed by atoms with Crippen molar-refractivity contribution in [1.29, 1.82) is 0 Å². The molecule has 0 amide bonds. The zero-order chi connectivity index (χ0) is 9.92. The number of ketones is 1. The van der Waals surface area contributed by atoms with Gasteiger partial charge in [0, 0.05) is 11.7 Å². The van der Waals surface area contributed by atoms with Crippen LogP contribution in [0.4, 0.5) is 0 Å². The van der Waals surface area contributed by atoms with Crippen LogP contribution in [0.1, 0.15) is 39.5 Å². The zero-order valence-corrected chi connectivity index (χ0v) is 9.62. The molecule has 0 radical (unpaired) electrons. The van der Waals surface area contributed by atoms with Crippen molar-refractivity contribution < 1.29 is 4.79 Å². The predicted molar refractivity (Wildman–Crippen MR) is 59.2 cm³/mol. The lowest BCUT2D eigenvalue weighted by atomic mass is 9.88. The van der Waals surface area contributed by atoms with Gasteiger partial charge >= 0.3 is 0 Å². The largest absolute Gasteiger partial charge is 0.294 e. The summed E-state index contributed by atoms with van der Waals surface area (Å²) in [6.07, 6.45) is 4.46. The van der Waals surface area contributed by atoms with Gasteiger partial charge in [-0.15, -0.1) is 11.8 Å². The molecule has 1 heterocycles. The summed E-state index contributed by atoms with van der Waals surface area (Å²) in [4.78, 5) is 12.7. The molecule has 3 aliphatic rings. The summed E-state index contributed by atoms with van der Waals surface area (Å²) in [5.41, 5.74) is 2.03. The van der Waals surface area contributed by atoms with Crippen LogP contribution >= 0.6 is 11.8 Å². The molecule has 1 nitrogen and oxygen atoms in total. The molecule has 0 spiro atoms. The second-order valence-corrected chi connectivity index (χ2v) is 6.86. The van der Waals surface area contributed by atoms with Gasteiger partial charge in [0.05, 0.1) is 4.91 Å². The van der Waals surface area contributed by atoms with Gasteiger partial charge in [-0.3, -0.25) is 4.79 Å². The number of hydrogen-bond acceptors (Lipinski definition) is 2. The Balaban J connectivity index is 1.92. The third-order valence-electron chi connectivity index (χ3n) is 3.86. The Morgan fingerprint density at radius 1 is 1.29 bits per heavy atom. The van der Waals surface area contributed by atoms with Crippen molar-refractivity contribution in [3.63, 3.8) is 0 Å². The third kappa shape index (κ3) is 1.13. The van der Waals surface area contributed by atoms with Gasteiger partial charge in [0.25, 0.3) is 0 Å². The van der Waals surface area contributed by atoms with Gasteiger partial charge in [0.1, 0.15) is 0 Å². The van der Waals surface area contributed by atoms with E-state index in [1.807, 2.05) is 11.8 Å². The Hall–Kier alpha value is -0.240. The van der Waals surface area contributed by atoms with E-state index >= 15 is 0 Å². The molecule has 76 valence electrons. The fourth-order valence-corrected chi connectivity index (χ4v) is 5.17. The molecule has 0 aromatic heterocycles. The summed E-state index contributed by atoms with van der Waals surface area (Å²) in [7, 11) is 0. The van der Waals surface area contributed by atoms with E-state index < -0.39 is 0 Å². The molecule has 2 aliphatic carbocycles. The van der Waals surface area contributed by atoms with Crippen LogP contribution in [0, 0.1) is 11.3 Å². The molecule has 2 heteroatoms. The van der Waals surface area contributed by atoms with Gasteiger partial charge in [0.2, 0.25) is 0 Å². The smallest absolute Gasteiger partial charge is 0.169 e. The zero-order valence-electron chi connectivity index (χ0n) is 8.80. The van der Waals surface area contributed by atoms with E-state index in [0.717, 1.165) is 28.9 Å². The van der Waals surface area contributed by atoms with Crippen molar-refractivity contribution in [1.82, 2.24) is 0 Å². The third-order valence-corrected chi connectivity index (χ3v) is 5.38. The molecule has 0 aromatic rings. The Kier molecular flexibility index (Phi) is 1.71. The normalized spacial score (nSPS) is 39.1. The van der Waals surface area contributed by atoms with Gasteiger partial charge in [0.15, 0.2) is 5.78 Å². The maximum atomic E-state index is 11.6. The van der Waals surface area contributed by atoms with Crippen LogP contribution < -0.4 is 0 Å². The molecule has 0 saturated heterocycles. The van der Waals surface area contributed by atoms with Crippen LogP contribution in [-0.4, -0.2) is 11.0 Å². The summed E-state index contributed by atoms with van der Waals surface area (Å²) in [5, 5.41) is 0.735. The fourth-order valence-electron chi connectivity index (χ4n) is 3.27.